The summed E-state index contributed by atoms with van der Waals surface area (Å²) < 4.78 is 36.1. The molecule has 0 radical (unpaired) electrons. The molecule has 0 aromatic heterocycles. The zero-order valence-electron chi connectivity index (χ0n) is 9.84. The smallest absolute Gasteiger partial charge is 0.165 e. The lowest BCUT2D eigenvalue weighted by molar-refractivity contribution is 0.148. The van der Waals surface area contributed by atoms with Crippen LogP contribution in [0.3, 0.4) is 0 Å². The Morgan fingerprint density at radius 2 is 1.94 bits per heavy atom. The van der Waals surface area contributed by atoms with Crippen molar-refractivity contribution in [2.45, 2.75) is 6.92 Å². The second kappa shape index (κ2) is 7.97. The van der Waals surface area contributed by atoms with Gasteiger partial charge >= 0.3 is 0 Å². The molecule has 0 aliphatic rings. The molecule has 0 saturated carbocycles. The average Bonchev–Trinajstić information content (AvgIpc) is 2.32. The van der Waals surface area contributed by atoms with E-state index in [9.17, 15) is 8.78 Å². The zero-order valence-corrected chi connectivity index (χ0v) is 9.84. The number of benzene rings is 1. The molecule has 1 N–H and O–H groups in total. The third-order valence-electron chi connectivity index (χ3n) is 2.06. The summed E-state index contributed by atoms with van der Waals surface area (Å²) in [5, 5.41) is 3.06. The number of nitrogens with one attached hydrogen (secondary N) is 1. The van der Waals surface area contributed by atoms with Crippen LogP contribution in [0.4, 0.5) is 8.78 Å². The maximum absolute atomic E-state index is 13.1. The fourth-order valence-electron chi connectivity index (χ4n) is 1.23. The molecule has 5 heteroatoms. The van der Waals surface area contributed by atoms with Crippen molar-refractivity contribution in [2.24, 2.45) is 0 Å². The van der Waals surface area contributed by atoms with Gasteiger partial charge in [-0.1, -0.05) is 0 Å². The summed E-state index contributed by atoms with van der Waals surface area (Å²) in [5.41, 5.74) is 0. The van der Waals surface area contributed by atoms with Crippen molar-refractivity contribution in [3.05, 3.63) is 29.8 Å². The molecule has 1 rings (SSSR count). The second-order valence-corrected chi connectivity index (χ2v) is 3.37. The van der Waals surface area contributed by atoms with Gasteiger partial charge in [0.25, 0.3) is 0 Å². The van der Waals surface area contributed by atoms with Crippen LogP contribution < -0.4 is 10.1 Å². The summed E-state index contributed by atoms with van der Waals surface area (Å²) in [4.78, 5) is 0. The predicted molar refractivity (Wildman–Crippen MR) is 61.2 cm³/mol. The highest BCUT2D eigenvalue weighted by Crippen LogP contribution is 2.17. The highest BCUT2D eigenvalue weighted by molar-refractivity contribution is 5.24. The van der Waals surface area contributed by atoms with Crippen molar-refractivity contribution in [1.29, 1.82) is 0 Å². The first kappa shape index (κ1) is 13.9. The van der Waals surface area contributed by atoms with Crippen molar-refractivity contribution in [3.63, 3.8) is 0 Å². The molecule has 0 unspecified atom stereocenters. The molecule has 17 heavy (non-hydrogen) atoms. The Morgan fingerprint density at radius 3 is 2.71 bits per heavy atom. The van der Waals surface area contributed by atoms with Gasteiger partial charge < -0.3 is 14.8 Å². The van der Waals surface area contributed by atoms with Crippen LogP contribution in [-0.2, 0) is 4.74 Å². The van der Waals surface area contributed by atoms with E-state index in [0.29, 0.717) is 26.3 Å². The first-order chi connectivity index (χ1) is 8.24. The Labute approximate surface area is 99.7 Å². The number of ether oxygens (including phenoxy) is 2. The number of halogens is 2. The van der Waals surface area contributed by atoms with Crippen LogP contribution in [0.25, 0.3) is 0 Å². The minimum absolute atomic E-state index is 0.0587. The van der Waals surface area contributed by atoms with E-state index >= 15 is 0 Å². The molecule has 0 saturated heterocycles. The van der Waals surface area contributed by atoms with Crippen molar-refractivity contribution in [2.75, 3.05) is 32.9 Å². The van der Waals surface area contributed by atoms with Crippen LogP contribution in [0, 0.1) is 11.6 Å². The second-order valence-electron chi connectivity index (χ2n) is 3.37. The van der Waals surface area contributed by atoms with Crippen LogP contribution in [0.2, 0.25) is 0 Å². The summed E-state index contributed by atoms with van der Waals surface area (Å²) >= 11 is 0. The van der Waals surface area contributed by atoms with Crippen LogP contribution in [-0.4, -0.2) is 32.9 Å². The van der Waals surface area contributed by atoms with Crippen LogP contribution in [0.1, 0.15) is 6.92 Å². The van der Waals surface area contributed by atoms with Gasteiger partial charge in [0.15, 0.2) is 11.6 Å². The molecule has 1 aromatic carbocycles. The van der Waals surface area contributed by atoms with Crippen molar-refractivity contribution < 1.29 is 18.3 Å². The molecule has 0 atom stereocenters. The van der Waals surface area contributed by atoms with Gasteiger partial charge in [-0.3, -0.25) is 0 Å². The van der Waals surface area contributed by atoms with Gasteiger partial charge in [-0.2, -0.15) is 0 Å². The fourth-order valence-corrected chi connectivity index (χ4v) is 1.23. The molecule has 0 fully saturated rings. The van der Waals surface area contributed by atoms with Gasteiger partial charge in [0.05, 0.1) is 6.61 Å². The third kappa shape index (κ3) is 5.60. The Kier molecular flexibility index (Phi) is 6.50. The summed E-state index contributed by atoms with van der Waals surface area (Å²) in [6, 6.07) is 3.14. The summed E-state index contributed by atoms with van der Waals surface area (Å²) in [6.07, 6.45) is 0. The highest BCUT2D eigenvalue weighted by Gasteiger charge is 2.04. The Morgan fingerprint density at radius 1 is 1.18 bits per heavy atom. The number of hydrogen-bond acceptors (Lipinski definition) is 3. The van der Waals surface area contributed by atoms with Gasteiger partial charge in [0.2, 0.25) is 0 Å². The highest BCUT2D eigenvalue weighted by atomic mass is 19.1. The van der Waals surface area contributed by atoms with Gasteiger partial charge in [-0.15, -0.1) is 0 Å². The largest absolute Gasteiger partial charge is 0.489 e. The number of rotatable bonds is 8. The maximum atomic E-state index is 13.1. The van der Waals surface area contributed by atoms with E-state index in [1.807, 2.05) is 6.92 Å². The molecule has 0 heterocycles. The van der Waals surface area contributed by atoms with Crippen LogP contribution >= 0.6 is 0 Å². The summed E-state index contributed by atoms with van der Waals surface area (Å²) in [5.74, 6) is -1.12. The van der Waals surface area contributed by atoms with Crippen molar-refractivity contribution in [3.8, 4) is 5.75 Å². The van der Waals surface area contributed by atoms with Crippen molar-refractivity contribution >= 4 is 0 Å². The SMILES string of the molecule is CCOCCNCCOc1cc(F)ccc1F. The molecular weight excluding hydrogens is 228 g/mol. The van der Waals surface area contributed by atoms with Gasteiger partial charge in [-0.05, 0) is 19.1 Å². The van der Waals surface area contributed by atoms with E-state index in [2.05, 4.69) is 5.32 Å². The van der Waals surface area contributed by atoms with E-state index in [0.717, 1.165) is 18.2 Å². The quantitative estimate of drug-likeness (QED) is 0.710. The maximum Gasteiger partial charge on any atom is 0.165 e. The lowest BCUT2D eigenvalue weighted by Crippen LogP contribution is -2.25. The van der Waals surface area contributed by atoms with E-state index < -0.39 is 11.6 Å². The topological polar surface area (TPSA) is 30.5 Å². The fraction of sp³-hybridized carbons (Fsp3) is 0.500. The standard InChI is InChI=1S/C12H17F2NO2/c1-2-16-7-5-15-6-8-17-12-9-10(13)3-4-11(12)14/h3-4,9,15H,2,5-8H2,1H3. The molecule has 3 nitrogen and oxygen atoms in total. The summed E-state index contributed by atoms with van der Waals surface area (Å²) in [7, 11) is 0. The molecule has 0 amide bonds. The average molecular weight is 245 g/mol. The Balaban J connectivity index is 2.15. The molecule has 0 spiro atoms. The Hall–Kier alpha value is -1.20. The first-order valence-corrected chi connectivity index (χ1v) is 5.60. The molecule has 96 valence electrons. The lowest BCUT2D eigenvalue weighted by Gasteiger charge is -2.08. The van der Waals surface area contributed by atoms with E-state index in [-0.39, 0.29) is 12.4 Å². The predicted octanol–water partition coefficient (Wildman–Crippen LogP) is 1.97. The number of hydrogen-bond donors (Lipinski definition) is 1. The summed E-state index contributed by atoms with van der Waals surface area (Å²) in [6.45, 7) is 4.80. The van der Waals surface area contributed by atoms with Crippen LogP contribution in [0.15, 0.2) is 18.2 Å². The molecular formula is C12H17F2NO2. The van der Waals surface area contributed by atoms with E-state index in [1.54, 1.807) is 0 Å². The molecule has 0 aliphatic carbocycles. The van der Waals surface area contributed by atoms with Gasteiger partial charge in [0, 0.05) is 25.8 Å². The van der Waals surface area contributed by atoms with E-state index in [4.69, 9.17) is 9.47 Å². The molecule has 1 aromatic rings. The first-order valence-electron chi connectivity index (χ1n) is 5.60. The minimum atomic E-state index is -0.555. The van der Waals surface area contributed by atoms with Crippen molar-refractivity contribution in [1.82, 2.24) is 5.32 Å². The lowest BCUT2D eigenvalue weighted by atomic mass is 10.3. The molecule has 0 aliphatic heterocycles. The molecule has 0 bridgehead atoms. The monoisotopic (exact) mass is 245 g/mol. The van der Waals surface area contributed by atoms with E-state index in [1.165, 1.54) is 0 Å². The third-order valence-corrected chi connectivity index (χ3v) is 2.06. The Bertz CT molecular complexity index is 334. The van der Waals surface area contributed by atoms with Gasteiger partial charge in [0.1, 0.15) is 12.4 Å². The normalized spacial score (nSPS) is 10.5. The minimum Gasteiger partial charge on any atom is -0.489 e. The van der Waals surface area contributed by atoms with Crippen LogP contribution in [0.5, 0.6) is 5.75 Å². The van der Waals surface area contributed by atoms with Gasteiger partial charge in [-0.25, -0.2) is 8.78 Å². The zero-order chi connectivity index (χ0) is 12.5.